The van der Waals surface area contributed by atoms with Crippen LogP contribution < -0.4 is 10.5 Å². The molecule has 3 nitrogen and oxygen atoms in total. The summed E-state index contributed by atoms with van der Waals surface area (Å²) in [6.07, 6.45) is 0. The van der Waals surface area contributed by atoms with Gasteiger partial charge in [-0.3, -0.25) is 0 Å². The molecule has 1 aromatic heterocycles. The summed E-state index contributed by atoms with van der Waals surface area (Å²) < 4.78 is 5.64. The molecule has 2 N–H and O–H groups in total. The molecule has 0 aliphatic carbocycles. The van der Waals surface area contributed by atoms with Crippen LogP contribution in [0.15, 0.2) is 29.6 Å². The van der Waals surface area contributed by atoms with Crippen molar-refractivity contribution in [3.05, 3.63) is 45.9 Å². The van der Waals surface area contributed by atoms with E-state index in [9.17, 15) is 0 Å². The Morgan fingerprint density at radius 2 is 2.31 bits per heavy atom. The van der Waals surface area contributed by atoms with Gasteiger partial charge in [-0.05, 0) is 6.07 Å². The number of nitrogens with two attached hydrogens (primary N) is 1. The third kappa shape index (κ3) is 1.50. The van der Waals surface area contributed by atoms with E-state index < -0.39 is 0 Å². The highest BCUT2D eigenvalue weighted by molar-refractivity contribution is 7.09. The van der Waals surface area contributed by atoms with Crippen LogP contribution in [-0.4, -0.2) is 11.6 Å². The van der Waals surface area contributed by atoms with Crippen molar-refractivity contribution < 1.29 is 4.74 Å². The number of rotatable bonds is 2. The first kappa shape index (κ1) is 9.81. The number of thiazole rings is 1. The molecule has 0 fully saturated rings. The minimum absolute atomic E-state index is 0.279. The Morgan fingerprint density at radius 3 is 3.12 bits per heavy atom. The second kappa shape index (κ2) is 3.88. The van der Waals surface area contributed by atoms with E-state index >= 15 is 0 Å². The monoisotopic (exact) mass is 232 g/mol. The number of para-hydroxylation sites is 1. The van der Waals surface area contributed by atoms with Crippen molar-refractivity contribution in [2.24, 2.45) is 5.73 Å². The van der Waals surface area contributed by atoms with E-state index in [1.54, 1.807) is 11.3 Å². The molecule has 16 heavy (non-hydrogen) atoms. The largest absolute Gasteiger partial charge is 0.492 e. The smallest absolute Gasteiger partial charge is 0.123 e. The molecule has 0 bridgehead atoms. The van der Waals surface area contributed by atoms with Gasteiger partial charge in [0.05, 0.1) is 11.6 Å². The van der Waals surface area contributed by atoms with Crippen LogP contribution in [0.2, 0.25) is 0 Å². The number of hydrogen-bond donors (Lipinski definition) is 1. The van der Waals surface area contributed by atoms with Gasteiger partial charge in [0.1, 0.15) is 17.4 Å². The topological polar surface area (TPSA) is 48.1 Å². The molecule has 3 rings (SSSR count). The van der Waals surface area contributed by atoms with E-state index in [0.717, 1.165) is 16.5 Å². The van der Waals surface area contributed by atoms with Crippen molar-refractivity contribution in [1.82, 2.24) is 4.98 Å². The highest BCUT2D eigenvalue weighted by atomic mass is 32.1. The highest BCUT2D eigenvalue weighted by Gasteiger charge is 2.27. The predicted octanol–water partition coefficient (Wildman–Crippen LogP) is 2.13. The summed E-state index contributed by atoms with van der Waals surface area (Å²) in [4.78, 5) is 4.52. The second-order valence-corrected chi connectivity index (χ2v) is 4.67. The molecule has 1 aliphatic heterocycles. The summed E-state index contributed by atoms with van der Waals surface area (Å²) in [7, 11) is 0. The lowest BCUT2D eigenvalue weighted by Gasteiger charge is -2.03. The van der Waals surface area contributed by atoms with Crippen molar-refractivity contribution in [3.8, 4) is 5.75 Å². The van der Waals surface area contributed by atoms with Crippen LogP contribution >= 0.6 is 11.3 Å². The van der Waals surface area contributed by atoms with E-state index in [1.807, 2.05) is 23.6 Å². The van der Waals surface area contributed by atoms with E-state index in [1.165, 1.54) is 5.56 Å². The van der Waals surface area contributed by atoms with Gasteiger partial charge in [0, 0.05) is 17.5 Å². The normalized spacial score (nSPS) is 18.2. The molecule has 82 valence electrons. The van der Waals surface area contributed by atoms with E-state index in [4.69, 9.17) is 10.5 Å². The molecule has 0 spiro atoms. The number of nitrogens with zero attached hydrogens (tertiary/aromatic N) is 1. The van der Waals surface area contributed by atoms with Crippen LogP contribution in [0.4, 0.5) is 0 Å². The number of benzene rings is 1. The number of ether oxygens (including phenoxy) is 1. The maximum absolute atomic E-state index is 5.64. The Labute approximate surface area is 97.9 Å². The lowest BCUT2D eigenvalue weighted by atomic mass is 10.0. The van der Waals surface area contributed by atoms with Crippen LogP contribution in [0.25, 0.3) is 0 Å². The maximum atomic E-state index is 5.64. The quantitative estimate of drug-likeness (QED) is 0.862. The molecule has 1 aliphatic rings. The standard InChI is InChI=1S/C12H12N2OS/c13-5-8-7-16-12(14-8)10-6-15-11-4-2-1-3-9(10)11/h1-4,7,10H,5-6,13H2. The SMILES string of the molecule is NCc1csc(C2COc3ccccc32)n1. The fraction of sp³-hybridized carbons (Fsp3) is 0.250. The van der Waals surface area contributed by atoms with E-state index in [-0.39, 0.29) is 5.92 Å². The van der Waals surface area contributed by atoms with E-state index in [2.05, 4.69) is 11.1 Å². The summed E-state index contributed by atoms with van der Waals surface area (Å²) >= 11 is 1.66. The molecule has 1 atom stereocenters. The van der Waals surface area contributed by atoms with Gasteiger partial charge in [-0.15, -0.1) is 11.3 Å². The molecule has 0 saturated carbocycles. The lowest BCUT2D eigenvalue weighted by molar-refractivity contribution is 0.343. The van der Waals surface area contributed by atoms with Crippen LogP contribution in [0.5, 0.6) is 5.75 Å². The first-order valence-corrected chi connectivity index (χ1v) is 6.12. The van der Waals surface area contributed by atoms with Gasteiger partial charge in [0.2, 0.25) is 0 Å². The molecule has 1 unspecified atom stereocenters. The molecule has 2 heterocycles. The average Bonchev–Trinajstić information content (AvgIpc) is 2.94. The van der Waals surface area contributed by atoms with Crippen molar-refractivity contribution in [1.29, 1.82) is 0 Å². The minimum Gasteiger partial charge on any atom is -0.492 e. The average molecular weight is 232 g/mol. The summed E-state index contributed by atoms with van der Waals surface area (Å²) in [5, 5.41) is 3.13. The molecular formula is C12H12N2OS. The Bertz CT molecular complexity index is 509. The Morgan fingerprint density at radius 1 is 1.44 bits per heavy atom. The molecular weight excluding hydrogens is 220 g/mol. The Kier molecular flexibility index (Phi) is 2.38. The lowest BCUT2D eigenvalue weighted by Crippen LogP contribution is -2.03. The molecule has 0 radical (unpaired) electrons. The summed E-state index contributed by atoms with van der Waals surface area (Å²) in [5.41, 5.74) is 7.77. The van der Waals surface area contributed by atoms with E-state index in [0.29, 0.717) is 13.2 Å². The number of hydrogen-bond acceptors (Lipinski definition) is 4. The molecule has 0 saturated heterocycles. The summed E-state index contributed by atoms with van der Waals surface area (Å²) in [6, 6.07) is 8.15. The fourth-order valence-electron chi connectivity index (χ4n) is 1.94. The molecule has 0 amide bonds. The molecule has 2 aromatic rings. The van der Waals surface area contributed by atoms with Gasteiger partial charge in [-0.1, -0.05) is 18.2 Å². The van der Waals surface area contributed by atoms with Gasteiger partial charge >= 0.3 is 0 Å². The minimum atomic E-state index is 0.279. The van der Waals surface area contributed by atoms with Gasteiger partial charge in [0.25, 0.3) is 0 Å². The zero-order valence-electron chi connectivity index (χ0n) is 8.72. The third-order valence-electron chi connectivity index (χ3n) is 2.78. The summed E-state index contributed by atoms with van der Waals surface area (Å²) in [5.74, 6) is 1.26. The first-order chi connectivity index (χ1) is 7.88. The van der Waals surface area contributed by atoms with Crippen molar-refractivity contribution >= 4 is 11.3 Å². The van der Waals surface area contributed by atoms with Crippen LogP contribution in [0.1, 0.15) is 22.2 Å². The van der Waals surface area contributed by atoms with Crippen LogP contribution in [-0.2, 0) is 6.54 Å². The predicted molar refractivity (Wildman–Crippen MR) is 63.8 cm³/mol. The Balaban J connectivity index is 1.98. The third-order valence-corrected chi connectivity index (χ3v) is 3.78. The zero-order chi connectivity index (χ0) is 11.0. The molecule has 1 aromatic carbocycles. The number of fused-ring (bicyclic) bond motifs is 1. The van der Waals surface area contributed by atoms with Crippen molar-refractivity contribution in [2.75, 3.05) is 6.61 Å². The molecule has 4 heteroatoms. The van der Waals surface area contributed by atoms with Crippen molar-refractivity contribution in [2.45, 2.75) is 12.5 Å². The van der Waals surface area contributed by atoms with Gasteiger partial charge in [-0.2, -0.15) is 0 Å². The van der Waals surface area contributed by atoms with Crippen LogP contribution in [0.3, 0.4) is 0 Å². The fourth-order valence-corrected chi connectivity index (χ4v) is 2.88. The Hall–Kier alpha value is -1.39. The van der Waals surface area contributed by atoms with Gasteiger partial charge < -0.3 is 10.5 Å². The van der Waals surface area contributed by atoms with Gasteiger partial charge in [-0.25, -0.2) is 4.98 Å². The maximum Gasteiger partial charge on any atom is 0.123 e. The summed E-state index contributed by atoms with van der Waals surface area (Å²) in [6.45, 7) is 1.20. The van der Waals surface area contributed by atoms with Gasteiger partial charge in [0.15, 0.2) is 0 Å². The second-order valence-electron chi connectivity index (χ2n) is 3.78. The first-order valence-electron chi connectivity index (χ1n) is 5.24. The number of aromatic nitrogens is 1. The van der Waals surface area contributed by atoms with Crippen molar-refractivity contribution in [3.63, 3.8) is 0 Å². The van der Waals surface area contributed by atoms with Crippen LogP contribution in [0, 0.1) is 0 Å². The highest BCUT2D eigenvalue weighted by Crippen LogP contribution is 2.38. The zero-order valence-corrected chi connectivity index (χ0v) is 9.54.